The molecule has 26 heavy (non-hydrogen) atoms. The average Bonchev–Trinajstić information content (AvgIpc) is 3.26. The van der Waals surface area contributed by atoms with Gasteiger partial charge in [0.05, 0.1) is 11.4 Å². The average molecular weight is 348 g/mol. The Kier molecular flexibility index (Phi) is 3.45. The third-order valence-electron chi connectivity index (χ3n) is 6.35. The number of nitrogens with zero attached hydrogens (tertiary/aromatic N) is 4. The van der Waals surface area contributed by atoms with Gasteiger partial charge in [-0.1, -0.05) is 12.5 Å². The van der Waals surface area contributed by atoms with E-state index in [1.54, 1.807) is 0 Å². The fourth-order valence-corrected chi connectivity index (χ4v) is 4.83. The van der Waals surface area contributed by atoms with Crippen LogP contribution in [0, 0.1) is 5.92 Å². The van der Waals surface area contributed by atoms with Crippen molar-refractivity contribution in [3.8, 4) is 5.82 Å². The van der Waals surface area contributed by atoms with Crippen LogP contribution in [-0.4, -0.2) is 40.0 Å². The molecule has 1 atom stereocenters. The molecule has 2 aromatic rings. The number of amides is 1. The molecular formula is C21H24N4O. The van der Waals surface area contributed by atoms with Crippen molar-refractivity contribution in [1.29, 1.82) is 0 Å². The third kappa shape index (κ3) is 2.03. The predicted molar refractivity (Wildman–Crippen MR) is 101 cm³/mol. The second-order valence-electron chi connectivity index (χ2n) is 7.68. The molecule has 1 saturated carbocycles. The van der Waals surface area contributed by atoms with Gasteiger partial charge in [0.15, 0.2) is 5.82 Å². The molecule has 1 aliphatic carbocycles. The topological polar surface area (TPSA) is 41.4 Å². The van der Waals surface area contributed by atoms with Crippen molar-refractivity contribution in [3.05, 3.63) is 55.0 Å². The molecule has 5 rings (SSSR count). The molecule has 0 radical (unpaired) electrons. The van der Waals surface area contributed by atoms with Crippen molar-refractivity contribution in [2.45, 2.75) is 31.2 Å². The Bertz CT molecular complexity index is 868. The number of rotatable bonds is 3. The Balaban J connectivity index is 1.59. The SMILES string of the molecule is C=CCN1c2cccnc2-n2cccc2C12CCN(C(=O)C1CCC1)C2. The lowest BCUT2D eigenvalue weighted by Crippen LogP contribution is -2.53. The number of anilines is 1. The lowest BCUT2D eigenvalue weighted by atomic mass is 9.84. The smallest absolute Gasteiger partial charge is 0.225 e. The standard InChI is InChI=1S/C21H24N4O/c1-2-12-25-17-8-4-11-22-19(17)24-13-5-9-18(24)21(25)10-14-23(15-21)20(26)16-6-3-7-16/h2,4-5,8-9,11,13,16H,1,3,6-7,10,12,14-15H2. The van der Waals surface area contributed by atoms with Crippen LogP contribution in [0.1, 0.15) is 31.4 Å². The monoisotopic (exact) mass is 348 g/mol. The molecule has 5 nitrogen and oxygen atoms in total. The highest BCUT2D eigenvalue weighted by molar-refractivity contribution is 5.80. The summed E-state index contributed by atoms with van der Waals surface area (Å²) in [5.74, 6) is 1.56. The van der Waals surface area contributed by atoms with E-state index in [0.29, 0.717) is 5.91 Å². The summed E-state index contributed by atoms with van der Waals surface area (Å²) in [4.78, 5) is 22.0. The van der Waals surface area contributed by atoms with Crippen molar-refractivity contribution in [2.75, 3.05) is 24.5 Å². The first-order valence-corrected chi connectivity index (χ1v) is 9.55. The van der Waals surface area contributed by atoms with Crippen molar-refractivity contribution in [1.82, 2.24) is 14.5 Å². The highest BCUT2D eigenvalue weighted by Gasteiger charge is 2.51. The van der Waals surface area contributed by atoms with Gasteiger partial charge in [0.1, 0.15) is 5.54 Å². The first kappa shape index (κ1) is 15.7. The van der Waals surface area contributed by atoms with Crippen LogP contribution in [-0.2, 0) is 10.3 Å². The van der Waals surface area contributed by atoms with Crippen LogP contribution in [0.5, 0.6) is 0 Å². The van der Waals surface area contributed by atoms with Gasteiger partial charge in [-0.15, -0.1) is 6.58 Å². The number of carbonyl (C=O) groups is 1. The minimum Gasteiger partial charge on any atom is -0.352 e. The minimum atomic E-state index is -0.201. The highest BCUT2D eigenvalue weighted by atomic mass is 16.2. The van der Waals surface area contributed by atoms with Gasteiger partial charge >= 0.3 is 0 Å². The normalized spacial score (nSPS) is 24.3. The molecule has 5 heteroatoms. The number of aromatic nitrogens is 2. The summed E-state index contributed by atoms with van der Waals surface area (Å²) >= 11 is 0. The van der Waals surface area contributed by atoms with Crippen LogP contribution in [0.25, 0.3) is 5.82 Å². The molecule has 2 aliphatic heterocycles. The maximum Gasteiger partial charge on any atom is 0.225 e. The molecule has 1 spiro atoms. The fraction of sp³-hybridized carbons (Fsp3) is 0.429. The second kappa shape index (κ2) is 5.73. The molecule has 3 aliphatic rings. The lowest BCUT2D eigenvalue weighted by molar-refractivity contribution is -0.137. The Labute approximate surface area is 153 Å². The summed E-state index contributed by atoms with van der Waals surface area (Å²) in [5.41, 5.74) is 2.15. The van der Waals surface area contributed by atoms with Crippen LogP contribution >= 0.6 is 0 Å². The number of hydrogen-bond acceptors (Lipinski definition) is 3. The lowest BCUT2D eigenvalue weighted by Gasteiger charge is -2.46. The van der Waals surface area contributed by atoms with Gasteiger partial charge in [0, 0.05) is 37.9 Å². The summed E-state index contributed by atoms with van der Waals surface area (Å²) in [6.45, 7) is 6.29. The molecule has 0 bridgehead atoms. The summed E-state index contributed by atoms with van der Waals surface area (Å²) in [5, 5.41) is 0. The predicted octanol–water partition coefficient (Wildman–Crippen LogP) is 3.11. The van der Waals surface area contributed by atoms with Gasteiger partial charge in [-0.05, 0) is 43.5 Å². The second-order valence-corrected chi connectivity index (χ2v) is 7.68. The van der Waals surface area contributed by atoms with Crippen molar-refractivity contribution < 1.29 is 4.79 Å². The van der Waals surface area contributed by atoms with E-state index < -0.39 is 0 Å². The van der Waals surface area contributed by atoms with Crippen LogP contribution in [0.4, 0.5) is 5.69 Å². The van der Waals surface area contributed by atoms with E-state index >= 15 is 0 Å². The van der Waals surface area contributed by atoms with Gasteiger partial charge < -0.3 is 14.4 Å². The zero-order chi connectivity index (χ0) is 17.7. The summed E-state index contributed by atoms with van der Waals surface area (Å²) in [6, 6.07) is 8.39. The van der Waals surface area contributed by atoms with Gasteiger partial charge in [-0.25, -0.2) is 4.98 Å². The van der Waals surface area contributed by atoms with Gasteiger partial charge in [0.2, 0.25) is 5.91 Å². The summed E-state index contributed by atoms with van der Waals surface area (Å²) in [7, 11) is 0. The van der Waals surface area contributed by atoms with E-state index in [1.165, 1.54) is 12.1 Å². The number of pyridine rings is 1. The molecular weight excluding hydrogens is 324 g/mol. The minimum absolute atomic E-state index is 0.201. The van der Waals surface area contributed by atoms with E-state index in [0.717, 1.165) is 50.4 Å². The Morgan fingerprint density at radius 1 is 1.35 bits per heavy atom. The zero-order valence-corrected chi connectivity index (χ0v) is 15.0. The Morgan fingerprint density at radius 2 is 2.23 bits per heavy atom. The van der Waals surface area contributed by atoms with Gasteiger partial charge in [0.25, 0.3) is 0 Å². The molecule has 2 aromatic heterocycles. The molecule has 0 N–H and O–H groups in total. The van der Waals surface area contributed by atoms with Crippen LogP contribution < -0.4 is 4.90 Å². The number of fused-ring (bicyclic) bond motifs is 4. The molecule has 1 amide bonds. The number of carbonyl (C=O) groups excluding carboxylic acids is 1. The largest absolute Gasteiger partial charge is 0.352 e. The Hall–Kier alpha value is -2.56. The van der Waals surface area contributed by atoms with E-state index in [-0.39, 0.29) is 11.5 Å². The third-order valence-corrected chi connectivity index (χ3v) is 6.35. The Morgan fingerprint density at radius 3 is 3.00 bits per heavy atom. The van der Waals surface area contributed by atoms with Crippen molar-refractivity contribution >= 4 is 11.6 Å². The molecule has 134 valence electrons. The summed E-state index contributed by atoms with van der Waals surface area (Å²) < 4.78 is 2.20. The first-order chi connectivity index (χ1) is 12.7. The van der Waals surface area contributed by atoms with E-state index in [1.807, 2.05) is 18.3 Å². The van der Waals surface area contributed by atoms with Crippen LogP contribution in [0.3, 0.4) is 0 Å². The van der Waals surface area contributed by atoms with Crippen LogP contribution in [0.15, 0.2) is 49.3 Å². The fourth-order valence-electron chi connectivity index (χ4n) is 4.83. The first-order valence-electron chi connectivity index (χ1n) is 9.55. The molecule has 0 aromatic carbocycles. The highest BCUT2D eigenvalue weighted by Crippen LogP contribution is 2.47. The van der Waals surface area contributed by atoms with E-state index in [2.05, 4.69) is 50.3 Å². The zero-order valence-electron chi connectivity index (χ0n) is 15.0. The maximum absolute atomic E-state index is 12.9. The van der Waals surface area contributed by atoms with Crippen molar-refractivity contribution in [3.63, 3.8) is 0 Å². The summed E-state index contributed by atoms with van der Waals surface area (Å²) in [6.07, 6.45) is 10.1. The quantitative estimate of drug-likeness (QED) is 0.801. The van der Waals surface area contributed by atoms with E-state index in [4.69, 9.17) is 0 Å². The maximum atomic E-state index is 12.9. The van der Waals surface area contributed by atoms with Gasteiger partial charge in [-0.3, -0.25) is 4.79 Å². The molecule has 1 unspecified atom stereocenters. The molecule has 1 saturated heterocycles. The molecule has 4 heterocycles. The number of hydrogen-bond donors (Lipinski definition) is 0. The van der Waals surface area contributed by atoms with Crippen LogP contribution in [0.2, 0.25) is 0 Å². The number of likely N-dealkylation sites (tertiary alicyclic amines) is 1. The van der Waals surface area contributed by atoms with E-state index in [9.17, 15) is 4.79 Å². The van der Waals surface area contributed by atoms with Gasteiger partial charge in [-0.2, -0.15) is 0 Å². The molecule has 2 fully saturated rings. The van der Waals surface area contributed by atoms with Crippen molar-refractivity contribution in [2.24, 2.45) is 5.92 Å².